The molecule has 1 saturated heterocycles. The molecule has 1 fully saturated rings. The molecule has 1 aliphatic rings. The van der Waals surface area contributed by atoms with Gasteiger partial charge in [0.05, 0.1) is 4.90 Å². The second-order valence-electron chi connectivity index (χ2n) is 7.78. The van der Waals surface area contributed by atoms with Gasteiger partial charge in [-0.3, -0.25) is 14.3 Å². The Morgan fingerprint density at radius 1 is 1.06 bits per heavy atom. The molecule has 3 aromatic rings. The van der Waals surface area contributed by atoms with E-state index in [1.807, 2.05) is 12.3 Å². The number of likely N-dealkylation sites (tertiary alicyclic amines) is 1. The van der Waals surface area contributed by atoms with Crippen LogP contribution in [-0.4, -0.2) is 43.6 Å². The minimum atomic E-state index is -3.91. The fraction of sp³-hybridized carbons (Fsp3) is 0.304. The van der Waals surface area contributed by atoms with Crippen molar-refractivity contribution in [1.82, 2.24) is 9.88 Å². The van der Waals surface area contributed by atoms with Gasteiger partial charge < -0.3 is 9.88 Å². The molecule has 7 nitrogen and oxygen atoms in total. The van der Waals surface area contributed by atoms with Crippen molar-refractivity contribution in [1.29, 1.82) is 0 Å². The monoisotopic (exact) mass is 471 g/mol. The van der Waals surface area contributed by atoms with Gasteiger partial charge in [0, 0.05) is 40.8 Å². The largest absolute Gasteiger partial charge is 0.360 e. The Morgan fingerprint density at radius 3 is 2.53 bits per heavy atom. The van der Waals surface area contributed by atoms with Crippen molar-refractivity contribution in [2.75, 3.05) is 24.1 Å². The van der Waals surface area contributed by atoms with Gasteiger partial charge in [0.15, 0.2) is 0 Å². The van der Waals surface area contributed by atoms with Crippen molar-refractivity contribution in [3.63, 3.8) is 0 Å². The second kappa shape index (κ2) is 9.38. The number of hydrogen-bond acceptors (Lipinski definition) is 5. The number of pyridine rings is 1. The molecule has 0 bridgehead atoms. The van der Waals surface area contributed by atoms with E-state index >= 15 is 0 Å². The number of rotatable bonds is 5. The number of aromatic amines is 1. The maximum Gasteiger partial charge on any atom is 0.261 e. The number of carbonyl (C=O) groups is 1. The first-order valence-electron chi connectivity index (χ1n) is 10.5. The van der Waals surface area contributed by atoms with Crippen molar-refractivity contribution in [2.24, 2.45) is 0 Å². The molecule has 2 N–H and O–H groups in total. The van der Waals surface area contributed by atoms with Gasteiger partial charge in [-0.2, -0.15) is 0 Å². The van der Waals surface area contributed by atoms with E-state index in [0.717, 1.165) is 30.6 Å². The van der Waals surface area contributed by atoms with E-state index in [-0.39, 0.29) is 21.8 Å². The molecule has 1 aliphatic heterocycles. The molecular formula is C23H25N3O4S2. The highest BCUT2D eigenvalue weighted by atomic mass is 32.2. The molecule has 2 heterocycles. The maximum absolute atomic E-state index is 13.1. The number of anilines is 1. The fourth-order valence-corrected chi connectivity index (χ4v) is 5.40. The normalized spacial score (nSPS) is 14.8. The first-order chi connectivity index (χ1) is 15.4. The number of hydrogen-bond donors (Lipinski definition) is 2. The number of amides is 1. The average molecular weight is 472 g/mol. The Balaban J connectivity index is 1.69. The second-order valence-corrected chi connectivity index (χ2v) is 10.3. The van der Waals surface area contributed by atoms with E-state index in [9.17, 15) is 18.0 Å². The van der Waals surface area contributed by atoms with Gasteiger partial charge in [0.25, 0.3) is 15.9 Å². The number of aromatic nitrogens is 1. The van der Waals surface area contributed by atoms with Gasteiger partial charge in [-0.25, -0.2) is 8.42 Å². The summed E-state index contributed by atoms with van der Waals surface area (Å²) in [5.41, 5.74) is 0.491. The molecule has 0 radical (unpaired) electrons. The predicted molar refractivity (Wildman–Crippen MR) is 128 cm³/mol. The lowest BCUT2D eigenvalue weighted by atomic mass is 10.1. The molecule has 2 aromatic carbocycles. The molecule has 1 amide bonds. The Labute approximate surface area is 191 Å². The lowest BCUT2D eigenvalue weighted by Gasteiger charge is -2.20. The first kappa shape index (κ1) is 22.4. The lowest BCUT2D eigenvalue weighted by Crippen LogP contribution is -2.35. The van der Waals surface area contributed by atoms with Crippen molar-refractivity contribution >= 4 is 44.3 Å². The molecule has 0 aliphatic carbocycles. The zero-order chi connectivity index (χ0) is 22.7. The van der Waals surface area contributed by atoms with Gasteiger partial charge in [-0.05, 0) is 55.5 Å². The van der Waals surface area contributed by atoms with Gasteiger partial charge in [-0.15, -0.1) is 11.8 Å². The lowest BCUT2D eigenvalue weighted by molar-refractivity contribution is 0.0760. The topological polar surface area (TPSA) is 99.3 Å². The Bertz CT molecular complexity index is 1310. The highest BCUT2D eigenvalue weighted by Crippen LogP contribution is 2.23. The zero-order valence-electron chi connectivity index (χ0n) is 17.8. The number of nitrogens with zero attached hydrogens (tertiary/aromatic N) is 1. The van der Waals surface area contributed by atoms with Crippen LogP contribution in [0.5, 0.6) is 0 Å². The molecular weight excluding hydrogens is 446 g/mol. The van der Waals surface area contributed by atoms with E-state index in [1.165, 1.54) is 30.1 Å². The summed E-state index contributed by atoms with van der Waals surface area (Å²) in [6, 6.07) is 11.4. The van der Waals surface area contributed by atoms with Crippen molar-refractivity contribution < 1.29 is 13.2 Å². The van der Waals surface area contributed by atoms with Crippen LogP contribution in [0.15, 0.2) is 63.2 Å². The number of nitrogens with one attached hydrogen (secondary N) is 2. The number of H-pyrrole nitrogens is 1. The van der Waals surface area contributed by atoms with Crippen molar-refractivity contribution in [3.05, 3.63) is 64.4 Å². The molecule has 0 unspecified atom stereocenters. The number of sulfonamides is 1. The third kappa shape index (κ3) is 4.68. The minimum Gasteiger partial charge on any atom is -0.360 e. The highest BCUT2D eigenvalue weighted by molar-refractivity contribution is 7.98. The summed E-state index contributed by atoms with van der Waals surface area (Å²) in [6.07, 6.45) is 7.33. The number of carbonyl (C=O) groups excluding carboxylic acids is 1. The van der Waals surface area contributed by atoms with E-state index in [4.69, 9.17) is 0 Å². The third-order valence-corrected chi connectivity index (χ3v) is 7.71. The summed E-state index contributed by atoms with van der Waals surface area (Å²) >= 11 is 1.51. The number of thioether (sulfide) groups is 1. The van der Waals surface area contributed by atoms with Gasteiger partial charge >= 0.3 is 0 Å². The standard InChI is InChI=1S/C23H25N3O4S2/c1-31-17-8-6-7-16(13-17)25-32(29,30)18-9-10-21-19(14-18)22(27)20(15-24-21)23(28)26-11-4-2-3-5-12-26/h6-10,13-15,25H,2-5,11-12H2,1H3,(H,24,27). The predicted octanol–water partition coefficient (Wildman–Crippen LogP) is 4.07. The third-order valence-electron chi connectivity index (χ3n) is 5.61. The van der Waals surface area contributed by atoms with Crippen LogP contribution in [0, 0.1) is 0 Å². The van der Waals surface area contributed by atoms with Crippen LogP contribution in [0.2, 0.25) is 0 Å². The molecule has 0 atom stereocenters. The highest BCUT2D eigenvalue weighted by Gasteiger charge is 2.22. The van der Waals surface area contributed by atoms with Crippen LogP contribution < -0.4 is 10.2 Å². The summed E-state index contributed by atoms with van der Waals surface area (Å²) in [5.74, 6) is -0.310. The van der Waals surface area contributed by atoms with Crippen molar-refractivity contribution in [3.8, 4) is 0 Å². The summed E-state index contributed by atoms with van der Waals surface area (Å²) in [7, 11) is -3.91. The SMILES string of the molecule is CSc1cccc(NS(=O)(=O)c2ccc3[nH]cc(C(=O)N4CCCCCC4)c(=O)c3c2)c1. The maximum atomic E-state index is 13.1. The fourth-order valence-electron chi connectivity index (χ4n) is 3.87. The number of fused-ring (bicyclic) bond motifs is 1. The smallest absolute Gasteiger partial charge is 0.261 e. The number of benzene rings is 2. The summed E-state index contributed by atoms with van der Waals surface area (Å²) in [5, 5.41) is 0.173. The first-order valence-corrected chi connectivity index (χ1v) is 13.2. The Morgan fingerprint density at radius 2 is 1.81 bits per heavy atom. The molecule has 9 heteroatoms. The van der Waals surface area contributed by atoms with E-state index in [1.54, 1.807) is 29.2 Å². The molecule has 4 rings (SSSR count). The minimum absolute atomic E-state index is 0.0366. The van der Waals surface area contributed by atoms with Crippen molar-refractivity contribution in [2.45, 2.75) is 35.5 Å². The van der Waals surface area contributed by atoms with Crippen LogP contribution >= 0.6 is 11.8 Å². The Hall–Kier alpha value is -2.78. The summed E-state index contributed by atoms with van der Waals surface area (Å²) < 4.78 is 28.5. The zero-order valence-corrected chi connectivity index (χ0v) is 19.4. The Kier molecular flexibility index (Phi) is 6.57. The average Bonchev–Trinajstić information content (AvgIpc) is 3.08. The molecule has 1 aromatic heterocycles. The van der Waals surface area contributed by atoms with Crippen LogP contribution in [0.4, 0.5) is 5.69 Å². The van der Waals surface area contributed by atoms with Crippen LogP contribution in [-0.2, 0) is 10.0 Å². The van der Waals surface area contributed by atoms with E-state index in [2.05, 4.69) is 9.71 Å². The van der Waals surface area contributed by atoms with Crippen LogP contribution in [0.3, 0.4) is 0 Å². The van der Waals surface area contributed by atoms with Crippen LogP contribution in [0.25, 0.3) is 10.9 Å². The quantitative estimate of drug-likeness (QED) is 0.547. The van der Waals surface area contributed by atoms with Gasteiger partial charge in [0.1, 0.15) is 5.56 Å². The summed E-state index contributed by atoms with van der Waals surface area (Å²) in [4.78, 5) is 31.7. The van der Waals surface area contributed by atoms with E-state index in [0.29, 0.717) is 24.3 Å². The molecule has 168 valence electrons. The van der Waals surface area contributed by atoms with Gasteiger partial charge in [-0.1, -0.05) is 18.9 Å². The molecule has 32 heavy (non-hydrogen) atoms. The summed E-state index contributed by atoms with van der Waals surface area (Å²) in [6.45, 7) is 1.26. The van der Waals surface area contributed by atoms with E-state index < -0.39 is 15.5 Å². The molecule has 0 saturated carbocycles. The van der Waals surface area contributed by atoms with Gasteiger partial charge in [0.2, 0.25) is 5.43 Å². The van der Waals surface area contributed by atoms with Crippen LogP contribution in [0.1, 0.15) is 36.0 Å². The molecule has 0 spiro atoms.